The minimum absolute atomic E-state index is 0.0794. The summed E-state index contributed by atoms with van der Waals surface area (Å²) in [5.74, 6) is -0.0794. The molecule has 5 heteroatoms. The minimum Gasteiger partial charge on any atom is -0.463 e. The van der Waals surface area contributed by atoms with Crippen LogP contribution in [0.5, 0.6) is 0 Å². The Hall–Kier alpha value is -2.04. The van der Waals surface area contributed by atoms with E-state index < -0.39 is 0 Å². The Morgan fingerprint density at radius 1 is 1.31 bits per heavy atom. The van der Waals surface area contributed by atoms with Crippen molar-refractivity contribution < 1.29 is 9.53 Å². The van der Waals surface area contributed by atoms with E-state index in [4.69, 9.17) is 4.74 Å². The van der Waals surface area contributed by atoms with E-state index in [2.05, 4.69) is 15.6 Å². The van der Waals surface area contributed by atoms with Crippen LogP contribution < -0.4 is 10.6 Å². The van der Waals surface area contributed by atoms with E-state index >= 15 is 0 Å². The SMILES string of the molecule is CC(=O)Nc1ccc(NC2=NCCO2)cc1. The van der Waals surface area contributed by atoms with Gasteiger partial charge in [0.25, 0.3) is 6.02 Å². The van der Waals surface area contributed by atoms with Gasteiger partial charge in [-0.3, -0.25) is 4.79 Å². The highest BCUT2D eigenvalue weighted by Gasteiger charge is 2.06. The number of aliphatic imine (C=N–C) groups is 1. The number of rotatable bonds is 2. The number of amides is 1. The van der Waals surface area contributed by atoms with Crippen LogP contribution in [0.1, 0.15) is 6.92 Å². The number of hydrogen-bond donors (Lipinski definition) is 2. The topological polar surface area (TPSA) is 62.7 Å². The van der Waals surface area contributed by atoms with Gasteiger partial charge in [0.2, 0.25) is 5.91 Å². The molecule has 5 nitrogen and oxygen atoms in total. The molecule has 1 heterocycles. The first-order valence-electron chi connectivity index (χ1n) is 5.06. The molecule has 2 N–H and O–H groups in total. The third kappa shape index (κ3) is 2.73. The maximum atomic E-state index is 10.8. The molecule has 0 aliphatic carbocycles. The van der Waals surface area contributed by atoms with E-state index in [0.29, 0.717) is 19.2 Å². The number of amidine groups is 1. The second-order valence-corrected chi connectivity index (χ2v) is 3.42. The van der Waals surface area contributed by atoms with Crippen LogP contribution in [0.4, 0.5) is 11.4 Å². The van der Waals surface area contributed by atoms with Crippen LogP contribution in [0, 0.1) is 0 Å². The number of benzene rings is 1. The fourth-order valence-corrected chi connectivity index (χ4v) is 1.37. The van der Waals surface area contributed by atoms with Crippen molar-refractivity contribution in [1.29, 1.82) is 0 Å². The number of nitrogens with one attached hydrogen (secondary N) is 2. The number of ether oxygens (including phenoxy) is 1. The van der Waals surface area contributed by atoms with Crippen molar-refractivity contribution in [3.8, 4) is 0 Å². The summed E-state index contributed by atoms with van der Waals surface area (Å²) in [5, 5.41) is 5.73. The molecule has 16 heavy (non-hydrogen) atoms. The maximum Gasteiger partial charge on any atom is 0.289 e. The van der Waals surface area contributed by atoms with Gasteiger partial charge in [0.15, 0.2) is 0 Å². The molecule has 0 unspecified atom stereocenters. The fraction of sp³-hybridized carbons (Fsp3) is 0.273. The summed E-state index contributed by atoms with van der Waals surface area (Å²) < 4.78 is 5.22. The summed E-state index contributed by atoms with van der Waals surface area (Å²) in [6.45, 7) is 2.81. The smallest absolute Gasteiger partial charge is 0.289 e. The van der Waals surface area contributed by atoms with Crippen molar-refractivity contribution in [1.82, 2.24) is 0 Å². The van der Waals surface area contributed by atoms with Gasteiger partial charge < -0.3 is 15.4 Å². The van der Waals surface area contributed by atoms with E-state index in [1.165, 1.54) is 6.92 Å². The predicted molar refractivity (Wildman–Crippen MR) is 62.6 cm³/mol. The normalized spacial score (nSPS) is 13.9. The highest BCUT2D eigenvalue weighted by molar-refractivity contribution is 5.91. The third-order valence-corrected chi connectivity index (χ3v) is 2.04. The van der Waals surface area contributed by atoms with Crippen molar-refractivity contribution in [2.45, 2.75) is 6.92 Å². The van der Waals surface area contributed by atoms with Crippen LogP contribution in [0.25, 0.3) is 0 Å². The summed E-state index contributed by atoms with van der Waals surface area (Å²) in [4.78, 5) is 14.9. The molecule has 1 aliphatic rings. The first kappa shape index (κ1) is 10.5. The number of carbonyl (C=O) groups is 1. The molecule has 1 aromatic rings. The zero-order valence-corrected chi connectivity index (χ0v) is 8.99. The van der Waals surface area contributed by atoms with E-state index in [-0.39, 0.29) is 5.91 Å². The molecule has 1 amide bonds. The Bertz CT molecular complexity index is 412. The molecule has 0 atom stereocenters. The van der Waals surface area contributed by atoms with Gasteiger partial charge in [-0.05, 0) is 24.3 Å². The molecule has 0 aromatic heterocycles. The van der Waals surface area contributed by atoms with Gasteiger partial charge >= 0.3 is 0 Å². The monoisotopic (exact) mass is 219 g/mol. The van der Waals surface area contributed by atoms with E-state index in [1.54, 1.807) is 0 Å². The van der Waals surface area contributed by atoms with Crippen molar-refractivity contribution in [2.24, 2.45) is 4.99 Å². The van der Waals surface area contributed by atoms with Crippen molar-refractivity contribution >= 4 is 23.3 Å². The Labute approximate surface area is 93.5 Å². The second kappa shape index (κ2) is 4.65. The van der Waals surface area contributed by atoms with Crippen molar-refractivity contribution in [2.75, 3.05) is 23.8 Å². The number of carbonyl (C=O) groups excluding carboxylic acids is 1. The average Bonchev–Trinajstić information content (AvgIpc) is 2.73. The lowest BCUT2D eigenvalue weighted by Gasteiger charge is -2.06. The van der Waals surface area contributed by atoms with E-state index in [0.717, 1.165) is 11.4 Å². The van der Waals surface area contributed by atoms with Crippen LogP contribution in [0.3, 0.4) is 0 Å². The average molecular weight is 219 g/mol. The zero-order valence-electron chi connectivity index (χ0n) is 8.99. The van der Waals surface area contributed by atoms with Gasteiger partial charge in [-0.15, -0.1) is 0 Å². The Balaban J connectivity index is 1.98. The highest BCUT2D eigenvalue weighted by atomic mass is 16.5. The molecular formula is C11H13N3O2. The molecule has 84 valence electrons. The molecule has 0 radical (unpaired) electrons. The van der Waals surface area contributed by atoms with Gasteiger partial charge in [0.05, 0.1) is 6.54 Å². The van der Waals surface area contributed by atoms with Crippen molar-refractivity contribution in [3.63, 3.8) is 0 Å². The molecule has 0 saturated carbocycles. The number of hydrogen-bond acceptors (Lipinski definition) is 4. The Morgan fingerprint density at radius 3 is 2.56 bits per heavy atom. The molecule has 1 aliphatic heterocycles. The minimum atomic E-state index is -0.0794. The highest BCUT2D eigenvalue weighted by Crippen LogP contribution is 2.14. The standard InChI is InChI=1S/C11H13N3O2/c1-8(15)13-9-2-4-10(5-3-9)14-11-12-6-7-16-11/h2-5H,6-7H2,1H3,(H,12,14)(H,13,15). The van der Waals surface area contributed by atoms with Crippen LogP contribution >= 0.6 is 0 Å². The summed E-state index contributed by atoms with van der Waals surface area (Å²) >= 11 is 0. The Kier molecular flexibility index (Phi) is 3.05. The van der Waals surface area contributed by atoms with E-state index in [9.17, 15) is 4.79 Å². The zero-order chi connectivity index (χ0) is 11.4. The lowest BCUT2D eigenvalue weighted by Crippen LogP contribution is -2.11. The van der Waals surface area contributed by atoms with Gasteiger partial charge in [-0.1, -0.05) is 0 Å². The number of anilines is 2. The van der Waals surface area contributed by atoms with E-state index in [1.807, 2.05) is 24.3 Å². The first-order chi connectivity index (χ1) is 7.74. The molecule has 0 bridgehead atoms. The first-order valence-corrected chi connectivity index (χ1v) is 5.06. The summed E-state index contributed by atoms with van der Waals surface area (Å²) in [7, 11) is 0. The molecule has 0 saturated heterocycles. The summed E-state index contributed by atoms with van der Waals surface area (Å²) in [6.07, 6.45) is 0. The third-order valence-electron chi connectivity index (χ3n) is 2.04. The largest absolute Gasteiger partial charge is 0.463 e. The molecule has 0 fully saturated rings. The maximum absolute atomic E-state index is 10.8. The predicted octanol–water partition coefficient (Wildman–Crippen LogP) is 1.44. The quantitative estimate of drug-likeness (QED) is 0.791. The summed E-state index contributed by atoms with van der Waals surface area (Å²) in [5.41, 5.74) is 1.65. The lowest BCUT2D eigenvalue weighted by molar-refractivity contribution is -0.114. The molecule has 2 rings (SSSR count). The number of nitrogens with zero attached hydrogens (tertiary/aromatic N) is 1. The van der Waals surface area contributed by atoms with Crippen LogP contribution in [0.15, 0.2) is 29.3 Å². The van der Waals surface area contributed by atoms with Crippen LogP contribution in [-0.4, -0.2) is 25.1 Å². The fourth-order valence-electron chi connectivity index (χ4n) is 1.37. The van der Waals surface area contributed by atoms with Gasteiger partial charge in [0, 0.05) is 18.3 Å². The van der Waals surface area contributed by atoms with Gasteiger partial charge in [0.1, 0.15) is 6.61 Å². The van der Waals surface area contributed by atoms with Gasteiger partial charge in [-0.25, -0.2) is 4.99 Å². The van der Waals surface area contributed by atoms with Crippen molar-refractivity contribution in [3.05, 3.63) is 24.3 Å². The second-order valence-electron chi connectivity index (χ2n) is 3.42. The van der Waals surface area contributed by atoms with Crippen LogP contribution in [-0.2, 0) is 9.53 Å². The van der Waals surface area contributed by atoms with Crippen LogP contribution in [0.2, 0.25) is 0 Å². The lowest BCUT2D eigenvalue weighted by atomic mass is 10.3. The Morgan fingerprint density at radius 2 is 2.00 bits per heavy atom. The van der Waals surface area contributed by atoms with Gasteiger partial charge in [-0.2, -0.15) is 0 Å². The molecule has 0 spiro atoms. The summed E-state index contributed by atoms with van der Waals surface area (Å²) in [6, 6.07) is 7.90. The molecule has 1 aromatic carbocycles. The molecular weight excluding hydrogens is 206 g/mol.